The van der Waals surface area contributed by atoms with Gasteiger partial charge in [0.05, 0.1) is 0 Å². The van der Waals surface area contributed by atoms with Gasteiger partial charge >= 0.3 is 6.03 Å². The van der Waals surface area contributed by atoms with Crippen LogP contribution in [0.15, 0.2) is 36.9 Å². The van der Waals surface area contributed by atoms with Crippen LogP contribution in [0.1, 0.15) is 38.3 Å². The number of phenolic OH excluding ortho intramolecular Hbond substituents is 1. The van der Waals surface area contributed by atoms with Crippen molar-refractivity contribution in [2.75, 3.05) is 6.54 Å². The van der Waals surface area contributed by atoms with Crippen LogP contribution in [0.4, 0.5) is 4.79 Å². The summed E-state index contributed by atoms with van der Waals surface area (Å²) in [6.07, 6.45) is 6.44. The molecule has 1 N–H and O–H groups in total. The first-order valence-corrected chi connectivity index (χ1v) is 8.46. The number of hydrogen-bond donors (Lipinski definition) is 1. The molecular weight excluding hydrogens is 302 g/mol. The first kappa shape index (κ1) is 15.2. The number of benzene rings is 1. The van der Waals surface area contributed by atoms with E-state index in [0.717, 1.165) is 18.5 Å². The lowest BCUT2D eigenvalue weighted by Crippen LogP contribution is -2.65. The summed E-state index contributed by atoms with van der Waals surface area (Å²) in [4.78, 5) is 18.9. The van der Waals surface area contributed by atoms with E-state index in [0.29, 0.717) is 12.2 Å². The van der Waals surface area contributed by atoms with Gasteiger partial charge in [-0.05, 0) is 35.4 Å². The van der Waals surface area contributed by atoms with Crippen LogP contribution in [0, 0.1) is 5.41 Å². The molecule has 2 atom stereocenters. The molecule has 0 saturated carbocycles. The summed E-state index contributed by atoms with van der Waals surface area (Å²) in [7, 11) is 0. The molecule has 1 aliphatic heterocycles. The van der Waals surface area contributed by atoms with Crippen molar-refractivity contribution in [2.45, 2.75) is 45.1 Å². The van der Waals surface area contributed by atoms with Gasteiger partial charge in [-0.3, -0.25) is 4.57 Å². The first-order valence-electron chi connectivity index (χ1n) is 8.46. The van der Waals surface area contributed by atoms with E-state index in [1.807, 2.05) is 11.0 Å². The summed E-state index contributed by atoms with van der Waals surface area (Å²) in [6.45, 7) is 7.49. The molecule has 24 heavy (non-hydrogen) atoms. The van der Waals surface area contributed by atoms with Crippen LogP contribution in [-0.4, -0.2) is 38.2 Å². The smallest absolute Gasteiger partial charge is 0.329 e. The normalized spacial score (nSPS) is 27.6. The Morgan fingerprint density at radius 2 is 2.12 bits per heavy atom. The van der Waals surface area contributed by atoms with Gasteiger partial charge in [0.1, 0.15) is 12.1 Å². The van der Waals surface area contributed by atoms with Gasteiger partial charge < -0.3 is 10.0 Å². The summed E-state index contributed by atoms with van der Waals surface area (Å²) < 4.78 is 1.54. The highest BCUT2D eigenvalue weighted by Gasteiger charge is 2.57. The Hall–Kier alpha value is -2.30. The van der Waals surface area contributed by atoms with Gasteiger partial charge in [-0.25, -0.2) is 9.78 Å². The number of imidazole rings is 1. The second-order valence-corrected chi connectivity index (χ2v) is 7.77. The molecule has 2 bridgehead atoms. The molecule has 1 aromatic carbocycles. The number of aromatic nitrogens is 2. The minimum atomic E-state index is -0.0811. The highest BCUT2D eigenvalue weighted by atomic mass is 16.3. The molecule has 0 radical (unpaired) electrons. The SMILES string of the molecule is CC1(C)[C@@H]2Cc3c(O)cccc3[C@]1(C)CCN2C(=O)n1ccnc1. The van der Waals surface area contributed by atoms with E-state index in [-0.39, 0.29) is 22.9 Å². The van der Waals surface area contributed by atoms with Crippen LogP contribution >= 0.6 is 0 Å². The Balaban J connectivity index is 1.82. The van der Waals surface area contributed by atoms with Gasteiger partial charge in [0.2, 0.25) is 0 Å². The van der Waals surface area contributed by atoms with Gasteiger partial charge in [-0.2, -0.15) is 0 Å². The summed E-state index contributed by atoms with van der Waals surface area (Å²) >= 11 is 0. The quantitative estimate of drug-likeness (QED) is 0.809. The molecule has 4 rings (SSSR count). The van der Waals surface area contributed by atoms with Gasteiger partial charge in [0, 0.05) is 30.4 Å². The van der Waals surface area contributed by atoms with Crippen molar-refractivity contribution in [1.82, 2.24) is 14.5 Å². The van der Waals surface area contributed by atoms with E-state index in [4.69, 9.17) is 0 Å². The number of rotatable bonds is 0. The second kappa shape index (κ2) is 4.85. The van der Waals surface area contributed by atoms with Crippen LogP contribution in [-0.2, 0) is 11.8 Å². The van der Waals surface area contributed by atoms with E-state index in [1.165, 1.54) is 5.56 Å². The Morgan fingerprint density at radius 1 is 1.33 bits per heavy atom. The maximum Gasteiger partial charge on any atom is 0.329 e. The van der Waals surface area contributed by atoms with E-state index in [2.05, 4.69) is 31.8 Å². The Morgan fingerprint density at radius 3 is 2.83 bits per heavy atom. The molecule has 2 aliphatic rings. The Labute approximate surface area is 141 Å². The van der Waals surface area contributed by atoms with Crippen LogP contribution in [0.25, 0.3) is 0 Å². The number of fused-ring (bicyclic) bond motifs is 4. The fourth-order valence-electron chi connectivity index (χ4n) is 4.68. The largest absolute Gasteiger partial charge is 0.508 e. The summed E-state index contributed by atoms with van der Waals surface area (Å²) in [5.74, 6) is 0.344. The fraction of sp³-hybridized carbons (Fsp3) is 0.474. The lowest BCUT2D eigenvalue weighted by atomic mass is 9.51. The van der Waals surface area contributed by atoms with Crippen molar-refractivity contribution >= 4 is 6.03 Å². The molecule has 0 unspecified atom stereocenters. The van der Waals surface area contributed by atoms with Crippen LogP contribution in [0.5, 0.6) is 5.75 Å². The lowest BCUT2D eigenvalue weighted by Gasteiger charge is -2.60. The zero-order valence-corrected chi connectivity index (χ0v) is 14.4. The number of carbonyl (C=O) groups excluding carboxylic acids is 1. The number of phenols is 1. The lowest BCUT2D eigenvalue weighted by molar-refractivity contribution is -0.0159. The van der Waals surface area contributed by atoms with Crippen LogP contribution < -0.4 is 0 Å². The van der Waals surface area contributed by atoms with Crippen molar-refractivity contribution in [3.8, 4) is 5.75 Å². The van der Waals surface area contributed by atoms with E-state index in [1.54, 1.807) is 29.4 Å². The molecule has 1 amide bonds. The molecule has 0 spiro atoms. The Kier molecular flexibility index (Phi) is 3.08. The van der Waals surface area contributed by atoms with Gasteiger partial charge in [0.25, 0.3) is 0 Å². The van der Waals surface area contributed by atoms with Crippen LogP contribution in [0.2, 0.25) is 0 Å². The molecule has 2 aromatic rings. The monoisotopic (exact) mass is 325 g/mol. The zero-order chi connectivity index (χ0) is 17.1. The first-order chi connectivity index (χ1) is 11.4. The molecule has 126 valence electrons. The van der Waals surface area contributed by atoms with Crippen molar-refractivity contribution < 1.29 is 9.90 Å². The summed E-state index contributed by atoms with van der Waals surface area (Å²) in [6, 6.07) is 5.83. The van der Waals surface area contributed by atoms with Gasteiger partial charge in [-0.1, -0.05) is 32.9 Å². The van der Waals surface area contributed by atoms with Crippen LogP contribution in [0.3, 0.4) is 0 Å². The van der Waals surface area contributed by atoms with Gasteiger partial charge in [0.15, 0.2) is 0 Å². The summed E-state index contributed by atoms with van der Waals surface area (Å²) in [5.41, 5.74) is 2.09. The molecule has 5 nitrogen and oxygen atoms in total. The summed E-state index contributed by atoms with van der Waals surface area (Å²) in [5, 5.41) is 10.4. The number of carbonyl (C=O) groups is 1. The standard InChI is InChI=1S/C19H23N3O2/c1-18(2)16-11-13-14(5-4-6-15(13)23)19(18,3)7-9-22(16)17(24)21-10-8-20-12-21/h4-6,8,10,12,16,23H,7,9,11H2,1-3H3/t16-,19-/m0/s1. The van der Waals surface area contributed by atoms with E-state index < -0.39 is 0 Å². The molecule has 1 aromatic heterocycles. The Bertz CT molecular complexity index is 797. The maximum atomic E-state index is 12.9. The van der Waals surface area contributed by atoms with E-state index in [9.17, 15) is 9.90 Å². The predicted molar refractivity (Wildman–Crippen MR) is 91.1 cm³/mol. The number of likely N-dealkylation sites (tertiary alicyclic amines) is 1. The third-order valence-corrected chi connectivity index (χ3v) is 6.60. The molecular formula is C19H23N3O2. The molecule has 5 heteroatoms. The minimum Gasteiger partial charge on any atom is -0.508 e. The highest BCUT2D eigenvalue weighted by molar-refractivity contribution is 5.77. The second-order valence-electron chi connectivity index (χ2n) is 7.77. The van der Waals surface area contributed by atoms with Crippen molar-refractivity contribution in [2.24, 2.45) is 5.41 Å². The topological polar surface area (TPSA) is 58.4 Å². The third kappa shape index (κ3) is 1.81. The fourth-order valence-corrected chi connectivity index (χ4v) is 4.68. The van der Waals surface area contributed by atoms with Crippen molar-refractivity contribution in [1.29, 1.82) is 0 Å². The van der Waals surface area contributed by atoms with Gasteiger partial charge in [-0.15, -0.1) is 0 Å². The number of aromatic hydroxyl groups is 1. The molecule has 1 saturated heterocycles. The average Bonchev–Trinajstić information content (AvgIpc) is 3.05. The molecule has 1 aliphatic carbocycles. The number of amides is 1. The predicted octanol–water partition coefficient (Wildman–Crippen LogP) is 3.17. The van der Waals surface area contributed by atoms with E-state index >= 15 is 0 Å². The number of hydrogen-bond acceptors (Lipinski definition) is 3. The van der Waals surface area contributed by atoms with Crippen molar-refractivity contribution in [3.63, 3.8) is 0 Å². The molecule has 1 fully saturated rings. The maximum absolute atomic E-state index is 12.9. The minimum absolute atomic E-state index is 0.0357. The van der Waals surface area contributed by atoms with Crippen molar-refractivity contribution in [3.05, 3.63) is 48.0 Å². The zero-order valence-electron chi connectivity index (χ0n) is 14.4. The third-order valence-electron chi connectivity index (χ3n) is 6.60. The highest BCUT2D eigenvalue weighted by Crippen LogP contribution is 2.57. The molecule has 2 heterocycles. The number of piperidine rings is 1. The number of nitrogens with zero attached hydrogens (tertiary/aromatic N) is 3. The average molecular weight is 325 g/mol.